The quantitative estimate of drug-likeness (QED) is 0.660. The van der Waals surface area contributed by atoms with Gasteiger partial charge in [-0.05, 0) is 38.2 Å². The van der Waals surface area contributed by atoms with Crippen LogP contribution in [0.2, 0.25) is 0 Å². The van der Waals surface area contributed by atoms with E-state index in [4.69, 9.17) is 0 Å². The summed E-state index contributed by atoms with van der Waals surface area (Å²) < 4.78 is 0. The van der Waals surface area contributed by atoms with Gasteiger partial charge in [0.15, 0.2) is 0 Å². The number of nitrogens with zero attached hydrogens (tertiary/aromatic N) is 1. The van der Waals surface area contributed by atoms with Crippen LogP contribution in [-0.2, 0) is 0 Å². The second kappa shape index (κ2) is 4.62. The average molecular weight is 188 g/mol. The Morgan fingerprint density at radius 3 is 2.92 bits per heavy atom. The highest BCUT2D eigenvalue weighted by Gasteiger charge is 2.11. The highest BCUT2D eigenvalue weighted by molar-refractivity contribution is 8.28. The first-order valence-electron chi connectivity index (χ1n) is 4.16. The van der Waals surface area contributed by atoms with Gasteiger partial charge in [0, 0.05) is 6.54 Å². The Morgan fingerprint density at radius 1 is 1.67 bits per heavy atom. The van der Waals surface area contributed by atoms with Crippen LogP contribution in [-0.4, -0.2) is 48.4 Å². The second-order valence-electron chi connectivity index (χ2n) is 3.12. The summed E-state index contributed by atoms with van der Waals surface area (Å²) in [5, 5.41) is 5.14. The zero-order chi connectivity index (χ0) is 8.97. The molecule has 0 bridgehead atoms. The molecular formula is C8H16N2OS. The van der Waals surface area contributed by atoms with Gasteiger partial charge in [0.2, 0.25) is 0 Å². The van der Waals surface area contributed by atoms with Gasteiger partial charge in [0.25, 0.3) is 5.24 Å². The Hall–Kier alpha value is -0.350. The molecule has 3 nitrogen and oxygen atoms in total. The van der Waals surface area contributed by atoms with E-state index in [1.165, 1.54) is 0 Å². The van der Waals surface area contributed by atoms with E-state index in [-0.39, 0.29) is 15.7 Å². The molecule has 0 saturated carbocycles. The number of hydrogen-bond donors (Lipinski definition) is 1. The van der Waals surface area contributed by atoms with Crippen molar-refractivity contribution in [1.29, 1.82) is 0 Å². The predicted molar refractivity (Wildman–Crippen MR) is 55.1 cm³/mol. The number of hydrogen-bond acceptors (Lipinski definition) is 2. The molecule has 0 aromatic rings. The van der Waals surface area contributed by atoms with Crippen LogP contribution in [0.3, 0.4) is 0 Å². The van der Waals surface area contributed by atoms with Crippen LogP contribution >= 0.6 is 10.5 Å². The molecule has 1 heterocycles. The maximum atomic E-state index is 11.1. The molecule has 1 unspecified atom stereocenters. The first-order chi connectivity index (χ1) is 5.70. The standard InChI is InChI=1S/C8H16N2OS/c1-10(2)5-3-6-12-7-4-9-8(12)11/h7H,3-6H2,1-2H3,(H,9,11). The van der Waals surface area contributed by atoms with E-state index in [9.17, 15) is 4.79 Å². The molecule has 70 valence electrons. The lowest BCUT2D eigenvalue weighted by molar-refractivity contribution is 0.262. The van der Waals surface area contributed by atoms with Crippen molar-refractivity contribution in [3.05, 3.63) is 0 Å². The van der Waals surface area contributed by atoms with Gasteiger partial charge in [0.05, 0.1) is 0 Å². The maximum absolute atomic E-state index is 11.1. The van der Waals surface area contributed by atoms with Crippen LogP contribution in [0.25, 0.3) is 0 Å². The second-order valence-corrected chi connectivity index (χ2v) is 5.09. The topological polar surface area (TPSA) is 32.3 Å². The fraction of sp³-hybridized carbons (Fsp3) is 0.750. The summed E-state index contributed by atoms with van der Waals surface area (Å²) in [6.07, 6.45) is 1.11. The molecule has 1 atom stereocenters. The molecule has 0 aromatic carbocycles. The molecule has 0 saturated heterocycles. The minimum atomic E-state index is -0.0901. The van der Waals surface area contributed by atoms with E-state index in [1.54, 1.807) is 0 Å². The molecule has 0 fully saturated rings. The van der Waals surface area contributed by atoms with E-state index in [0.29, 0.717) is 0 Å². The highest BCUT2D eigenvalue weighted by Crippen LogP contribution is 2.17. The fourth-order valence-electron chi connectivity index (χ4n) is 1.11. The monoisotopic (exact) mass is 188 g/mol. The third kappa shape index (κ3) is 2.95. The van der Waals surface area contributed by atoms with Crippen molar-refractivity contribution >= 4 is 21.1 Å². The molecule has 1 N–H and O–H groups in total. The van der Waals surface area contributed by atoms with Crippen LogP contribution in [0.4, 0.5) is 4.79 Å². The summed E-state index contributed by atoms with van der Waals surface area (Å²) in [6.45, 7) is 1.84. The van der Waals surface area contributed by atoms with Gasteiger partial charge < -0.3 is 10.2 Å². The molecular weight excluding hydrogens is 172 g/mol. The predicted octanol–water partition coefficient (Wildman–Crippen LogP) is 0.732. The number of rotatable bonds is 4. The Balaban J connectivity index is 2.19. The van der Waals surface area contributed by atoms with Gasteiger partial charge >= 0.3 is 0 Å². The van der Waals surface area contributed by atoms with Gasteiger partial charge in [-0.2, -0.15) is 0 Å². The smallest absolute Gasteiger partial charge is 0.273 e. The van der Waals surface area contributed by atoms with Gasteiger partial charge in [-0.1, -0.05) is 0 Å². The van der Waals surface area contributed by atoms with Gasteiger partial charge in [-0.3, -0.25) is 4.79 Å². The summed E-state index contributed by atoms with van der Waals surface area (Å²) in [5.74, 6) is 1.02. The fourth-order valence-corrected chi connectivity index (χ4v) is 2.60. The summed E-state index contributed by atoms with van der Waals surface area (Å²) in [7, 11) is 4.02. The first kappa shape index (κ1) is 9.74. The van der Waals surface area contributed by atoms with Crippen molar-refractivity contribution in [2.24, 2.45) is 0 Å². The number of nitrogens with one attached hydrogen (secondary N) is 1. The number of amides is 1. The zero-order valence-corrected chi connectivity index (χ0v) is 8.49. The largest absolute Gasteiger partial charge is 0.343 e. The average Bonchev–Trinajstić information content (AvgIpc) is 2.36. The minimum absolute atomic E-state index is 0.0901. The van der Waals surface area contributed by atoms with E-state index >= 15 is 0 Å². The summed E-state index contributed by atoms with van der Waals surface area (Å²) in [4.78, 5) is 13.3. The number of carbonyl (C=O) groups is 1. The van der Waals surface area contributed by atoms with Crippen LogP contribution in [0.15, 0.2) is 0 Å². The van der Waals surface area contributed by atoms with Gasteiger partial charge in [-0.15, -0.1) is 10.5 Å². The zero-order valence-electron chi connectivity index (χ0n) is 7.67. The first-order valence-corrected chi connectivity index (χ1v) is 5.61. The van der Waals surface area contributed by atoms with Crippen LogP contribution in [0.1, 0.15) is 6.42 Å². The Kier molecular flexibility index (Phi) is 3.75. The molecule has 0 radical (unpaired) electrons. The number of carbonyl (C=O) groups excluding carboxylic acids is 1. The molecule has 0 aromatic heterocycles. The normalized spacial score (nSPS) is 22.6. The molecule has 1 rings (SSSR count). The van der Waals surface area contributed by atoms with Gasteiger partial charge in [0.1, 0.15) is 0 Å². The highest BCUT2D eigenvalue weighted by atomic mass is 32.2. The Bertz CT molecular complexity index is 201. The van der Waals surface area contributed by atoms with E-state index in [2.05, 4.69) is 29.7 Å². The Labute approximate surface area is 76.1 Å². The van der Waals surface area contributed by atoms with Crippen molar-refractivity contribution in [1.82, 2.24) is 10.2 Å². The van der Waals surface area contributed by atoms with E-state index < -0.39 is 0 Å². The summed E-state index contributed by atoms with van der Waals surface area (Å²) >= 11 is 0. The van der Waals surface area contributed by atoms with Gasteiger partial charge in [-0.25, -0.2) is 0 Å². The summed E-state index contributed by atoms with van der Waals surface area (Å²) in [6, 6.07) is 0. The van der Waals surface area contributed by atoms with Crippen LogP contribution in [0, 0.1) is 0 Å². The Morgan fingerprint density at radius 2 is 2.42 bits per heavy atom. The molecule has 12 heavy (non-hydrogen) atoms. The van der Waals surface area contributed by atoms with E-state index in [1.807, 2.05) is 0 Å². The van der Waals surface area contributed by atoms with Crippen LogP contribution < -0.4 is 5.32 Å². The lowest BCUT2D eigenvalue weighted by Gasteiger charge is -2.08. The van der Waals surface area contributed by atoms with E-state index in [0.717, 1.165) is 25.3 Å². The SMILES string of the molecule is CN(C)CCCS1=CCNC1=O. The minimum Gasteiger partial charge on any atom is -0.343 e. The van der Waals surface area contributed by atoms with Crippen molar-refractivity contribution in [2.75, 3.05) is 32.9 Å². The summed E-state index contributed by atoms with van der Waals surface area (Å²) in [5.41, 5.74) is 0. The molecule has 1 amide bonds. The van der Waals surface area contributed by atoms with Crippen molar-refractivity contribution < 1.29 is 4.79 Å². The molecule has 1 aliphatic rings. The lowest BCUT2D eigenvalue weighted by Crippen LogP contribution is -2.16. The van der Waals surface area contributed by atoms with Crippen molar-refractivity contribution in [2.45, 2.75) is 6.42 Å². The molecule has 1 aliphatic heterocycles. The maximum Gasteiger partial charge on any atom is 0.273 e. The molecule has 0 aliphatic carbocycles. The van der Waals surface area contributed by atoms with Crippen molar-refractivity contribution in [3.8, 4) is 0 Å². The third-order valence-electron chi connectivity index (χ3n) is 1.74. The van der Waals surface area contributed by atoms with Crippen molar-refractivity contribution in [3.63, 3.8) is 0 Å². The lowest BCUT2D eigenvalue weighted by atomic mass is 10.5. The molecule has 4 heteroatoms. The third-order valence-corrected chi connectivity index (χ3v) is 3.66. The van der Waals surface area contributed by atoms with Crippen LogP contribution in [0.5, 0.6) is 0 Å². The molecule has 0 spiro atoms.